The number of anilines is 1. The fraction of sp³-hybridized carbons (Fsp3) is 0.467. The lowest BCUT2D eigenvalue weighted by Gasteiger charge is -2.19. The number of benzene rings is 1. The Balaban J connectivity index is 2.38. The van der Waals surface area contributed by atoms with Crippen molar-refractivity contribution >= 4 is 17.7 Å². The number of alkyl carbamates (subject to hydrolysis) is 1. The number of nitrogens with two attached hydrogens (primary N) is 1. The van der Waals surface area contributed by atoms with Gasteiger partial charge in [0.25, 0.3) is 5.91 Å². The summed E-state index contributed by atoms with van der Waals surface area (Å²) in [5.41, 5.74) is 7.05. The van der Waals surface area contributed by atoms with Gasteiger partial charge in [-0.15, -0.1) is 0 Å². The summed E-state index contributed by atoms with van der Waals surface area (Å²) < 4.78 is 5.08. The maximum absolute atomic E-state index is 12.0. The first-order valence-electron chi connectivity index (χ1n) is 6.80. The Kier molecular flexibility index (Phi) is 5.58. The van der Waals surface area contributed by atoms with Crippen molar-refractivity contribution in [2.24, 2.45) is 0 Å². The molecule has 0 atom stereocenters. The number of carbonyl (C=O) groups is 2. The number of aryl methyl sites for hydroxylation is 1. The summed E-state index contributed by atoms with van der Waals surface area (Å²) >= 11 is 0. The molecule has 0 saturated heterocycles. The second-order valence-electron chi connectivity index (χ2n) is 5.76. The molecule has 0 aliphatic carbocycles. The highest BCUT2D eigenvalue weighted by molar-refractivity contribution is 5.96. The van der Waals surface area contributed by atoms with Crippen molar-refractivity contribution in [1.29, 1.82) is 0 Å². The van der Waals surface area contributed by atoms with Crippen LogP contribution in [0.25, 0.3) is 0 Å². The van der Waals surface area contributed by atoms with Gasteiger partial charge in [-0.25, -0.2) is 4.79 Å². The molecule has 0 heterocycles. The SMILES string of the molecule is Cc1ccc(N)cc1C(=O)NCCNC(=O)OC(C)(C)C. The average molecular weight is 293 g/mol. The van der Waals surface area contributed by atoms with E-state index < -0.39 is 11.7 Å². The van der Waals surface area contributed by atoms with Crippen LogP contribution in [-0.2, 0) is 4.74 Å². The third kappa shape index (κ3) is 6.16. The Morgan fingerprint density at radius 2 is 1.81 bits per heavy atom. The molecular weight excluding hydrogens is 270 g/mol. The second-order valence-corrected chi connectivity index (χ2v) is 5.76. The lowest BCUT2D eigenvalue weighted by atomic mass is 10.1. The zero-order valence-corrected chi connectivity index (χ0v) is 12.9. The molecule has 116 valence electrons. The summed E-state index contributed by atoms with van der Waals surface area (Å²) in [6, 6.07) is 5.17. The molecule has 0 unspecified atom stereocenters. The van der Waals surface area contributed by atoms with Gasteiger partial charge in [0.1, 0.15) is 5.60 Å². The maximum atomic E-state index is 12.0. The van der Waals surface area contributed by atoms with Gasteiger partial charge in [0, 0.05) is 24.3 Å². The van der Waals surface area contributed by atoms with E-state index in [9.17, 15) is 9.59 Å². The number of nitrogens with one attached hydrogen (secondary N) is 2. The van der Waals surface area contributed by atoms with Crippen molar-refractivity contribution in [2.75, 3.05) is 18.8 Å². The lowest BCUT2D eigenvalue weighted by Crippen LogP contribution is -2.38. The fourth-order valence-electron chi connectivity index (χ4n) is 1.63. The first-order valence-corrected chi connectivity index (χ1v) is 6.80. The number of ether oxygens (including phenoxy) is 1. The number of carbonyl (C=O) groups excluding carboxylic acids is 2. The number of rotatable bonds is 4. The Morgan fingerprint density at radius 3 is 2.43 bits per heavy atom. The quantitative estimate of drug-likeness (QED) is 0.583. The summed E-state index contributed by atoms with van der Waals surface area (Å²) in [6.45, 7) is 7.81. The van der Waals surface area contributed by atoms with Crippen LogP contribution in [0.5, 0.6) is 0 Å². The normalized spacial score (nSPS) is 10.9. The Morgan fingerprint density at radius 1 is 1.19 bits per heavy atom. The Bertz CT molecular complexity index is 521. The van der Waals surface area contributed by atoms with E-state index in [0.29, 0.717) is 24.3 Å². The van der Waals surface area contributed by atoms with E-state index in [1.165, 1.54) is 0 Å². The highest BCUT2D eigenvalue weighted by atomic mass is 16.6. The summed E-state index contributed by atoms with van der Waals surface area (Å²) in [7, 11) is 0. The molecule has 0 spiro atoms. The van der Waals surface area contributed by atoms with E-state index in [-0.39, 0.29) is 5.91 Å². The first kappa shape index (κ1) is 16.8. The van der Waals surface area contributed by atoms with Gasteiger partial charge in [0.2, 0.25) is 0 Å². The van der Waals surface area contributed by atoms with Crippen molar-refractivity contribution in [1.82, 2.24) is 10.6 Å². The molecule has 4 N–H and O–H groups in total. The monoisotopic (exact) mass is 293 g/mol. The molecule has 0 bridgehead atoms. The summed E-state index contributed by atoms with van der Waals surface area (Å²) in [6.07, 6.45) is -0.503. The number of amides is 2. The van der Waals surface area contributed by atoms with Crippen molar-refractivity contribution in [2.45, 2.75) is 33.3 Å². The standard InChI is InChI=1S/C15H23N3O3/c1-10-5-6-11(16)9-12(10)13(19)17-7-8-18-14(20)21-15(2,3)4/h5-6,9H,7-8,16H2,1-4H3,(H,17,19)(H,18,20). The molecule has 21 heavy (non-hydrogen) atoms. The van der Waals surface area contributed by atoms with Crippen LogP contribution in [0.2, 0.25) is 0 Å². The predicted octanol–water partition coefficient (Wildman–Crippen LogP) is 1.83. The highest BCUT2D eigenvalue weighted by Crippen LogP contribution is 2.12. The zero-order valence-electron chi connectivity index (χ0n) is 12.9. The molecule has 1 rings (SSSR count). The first-order chi connectivity index (χ1) is 9.69. The van der Waals surface area contributed by atoms with E-state index in [1.54, 1.807) is 39.0 Å². The van der Waals surface area contributed by atoms with Crippen LogP contribution in [0, 0.1) is 6.92 Å². The average Bonchev–Trinajstić information content (AvgIpc) is 2.35. The number of hydrogen-bond acceptors (Lipinski definition) is 4. The molecule has 0 aromatic heterocycles. The smallest absolute Gasteiger partial charge is 0.407 e. The van der Waals surface area contributed by atoms with Gasteiger partial charge in [-0.3, -0.25) is 4.79 Å². The van der Waals surface area contributed by atoms with Gasteiger partial charge in [0.05, 0.1) is 0 Å². The van der Waals surface area contributed by atoms with E-state index >= 15 is 0 Å². The van der Waals surface area contributed by atoms with Crippen LogP contribution >= 0.6 is 0 Å². The molecule has 2 amide bonds. The number of nitrogen functional groups attached to an aromatic ring is 1. The van der Waals surface area contributed by atoms with Crippen LogP contribution < -0.4 is 16.4 Å². The minimum Gasteiger partial charge on any atom is -0.444 e. The lowest BCUT2D eigenvalue weighted by molar-refractivity contribution is 0.0526. The van der Waals surface area contributed by atoms with Crippen molar-refractivity contribution in [3.63, 3.8) is 0 Å². The van der Waals surface area contributed by atoms with Gasteiger partial charge in [0.15, 0.2) is 0 Å². The van der Waals surface area contributed by atoms with Gasteiger partial charge in [-0.1, -0.05) is 6.07 Å². The predicted molar refractivity (Wildman–Crippen MR) is 82.2 cm³/mol. The van der Waals surface area contributed by atoms with E-state index in [4.69, 9.17) is 10.5 Å². The topological polar surface area (TPSA) is 93.5 Å². The van der Waals surface area contributed by atoms with Crippen LogP contribution in [0.4, 0.5) is 10.5 Å². The molecule has 0 aliphatic rings. The van der Waals surface area contributed by atoms with Crippen LogP contribution in [0.1, 0.15) is 36.7 Å². The van der Waals surface area contributed by atoms with Crippen molar-refractivity contribution < 1.29 is 14.3 Å². The molecule has 0 aliphatic heterocycles. The summed E-state index contributed by atoms with van der Waals surface area (Å²) in [5.74, 6) is -0.217. The molecule has 1 aromatic carbocycles. The molecule has 1 aromatic rings. The second kappa shape index (κ2) is 6.97. The number of hydrogen-bond donors (Lipinski definition) is 3. The van der Waals surface area contributed by atoms with E-state index in [1.807, 2.05) is 6.92 Å². The summed E-state index contributed by atoms with van der Waals surface area (Å²) in [5, 5.41) is 5.29. The minimum atomic E-state index is -0.536. The minimum absolute atomic E-state index is 0.217. The van der Waals surface area contributed by atoms with Crippen molar-refractivity contribution in [3.8, 4) is 0 Å². The highest BCUT2D eigenvalue weighted by Gasteiger charge is 2.15. The third-order valence-corrected chi connectivity index (χ3v) is 2.59. The summed E-state index contributed by atoms with van der Waals surface area (Å²) in [4.78, 5) is 23.4. The third-order valence-electron chi connectivity index (χ3n) is 2.59. The van der Waals surface area contributed by atoms with Gasteiger partial charge < -0.3 is 21.1 Å². The molecule has 0 radical (unpaired) electrons. The Labute approximate surface area is 125 Å². The maximum Gasteiger partial charge on any atom is 0.407 e. The van der Waals surface area contributed by atoms with Crippen LogP contribution in [0.3, 0.4) is 0 Å². The largest absolute Gasteiger partial charge is 0.444 e. The molecule has 6 nitrogen and oxygen atoms in total. The van der Waals surface area contributed by atoms with E-state index in [0.717, 1.165) is 5.56 Å². The molecular formula is C15H23N3O3. The molecule has 0 saturated carbocycles. The fourth-order valence-corrected chi connectivity index (χ4v) is 1.63. The van der Waals surface area contributed by atoms with Crippen molar-refractivity contribution in [3.05, 3.63) is 29.3 Å². The van der Waals surface area contributed by atoms with Gasteiger partial charge in [-0.2, -0.15) is 0 Å². The van der Waals surface area contributed by atoms with Crippen LogP contribution in [0.15, 0.2) is 18.2 Å². The van der Waals surface area contributed by atoms with Crippen LogP contribution in [-0.4, -0.2) is 30.7 Å². The van der Waals surface area contributed by atoms with E-state index in [2.05, 4.69) is 10.6 Å². The zero-order chi connectivity index (χ0) is 16.0. The van der Waals surface area contributed by atoms with Gasteiger partial charge >= 0.3 is 6.09 Å². The van der Waals surface area contributed by atoms with Gasteiger partial charge in [-0.05, 0) is 45.4 Å². The Hall–Kier alpha value is -2.24. The molecule has 6 heteroatoms. The molecule has 0 fully saturated rings.